The van der Waals surface area contributed by atoms with E-state index in [1.807, 2.05) is 54.1 Å². The fourth-order valence-electron chi connectivity index (χ4n) is 5.20. The van der Waals surface area contributed by atoms with Gasteiger partial charge in [0, 0.05) is 23.5 Å². The van der Waals surface area contributed by atoms with E-state index in [4.69, 9.17) is 10.5 Å². The monoisotopic (exact) mass is 442 g/mol. The number of imidazole rings is 1. The van der Waals surface area contributed by atoms with E-state index < -0.39 is 0 Å². The van der Waals surface area contributed by atoms with E-state index >= 15 is 0 Å². The van der Waals surface area contributed by atoms with E-state index in [0.29, 0.717) is 6.04 Å². The zero-order valence-electron chi connectivity index (χ0n) is 19.2. The highest BCUT2D eigenvalue weighted by molar-refractivity contribution is 5.99. The average Bonchev–Trinajstić information content (AvgIpc) is 3.27. The van der Waals surface area contributed by atoms with Gasteiger partial charge in [0.1, 0.15) is 5.75 Å². The first-order chi connectivity index (χ1) is 16.0. The smallest absolute Gasteiger partial charge is 0.250 e. The van der Waals surface area contributed by atoms with Crippen molar-refractivity contribution >= 4 is 17.7 Å². The van der Waals surface area contributed by atoms with Gasteiger partial charge in [-0.2, -0.15) is 0 Å². The summed E-state index contributed by atoms with van der Waals surface area (Å²) in [5.41, 5.74) is 11.5. The van der Waals surface area contributed by atoms with Gasteiger partial charge in [0.05, 0.1) is 30.9 Å². The molecule has 6 heteroatoms. The molecule has 2 aliphatic rings. The Labute approximate surface area is 194 Å². The number of aromatic nitrogens is 2. The molecular formula is C27H30N4O2. The number of fused-ring (bicyclic) bond motifs is 1. The van der Waals surface area contributed by atoms with Gasteiger partial charge >= 0.3 is 0 Å². The van der Waals surface area contributed by atoms with Crippen LogP contribution in [0.5, 0.6) is 5.75 Å². The molecule has 1 aromatic heterocycles. The number of nitrogens with zero attached hydrogens (tertiary/aromatic N) is 3. The molecule has 0 bridgehead atoms. The summed E-state index contributed by atoms with van der Waals surface area (Å²) in [7, 11) is 1.67. The van der Waals surface area contributed by atoms with E-state index in [0.717, 1.165) is 66.1 Å². The third-order valence-corrected chi connectivity index (χ3v) is 6.86. The molecule has 2 N–H and O–H groups in total. The van der Waals surface area contributed by atoms with Gasteiger partial charge in [0.15, 0.2) is 0 Å². The summed E-state index contributed by atoms with van der Waals surface area (Å²) in [5, 5.41) is 0. The predicted octanol–water partition coefficient (Wildman–Crippen LogP) is 5.07. The van der Waals surface area contributed by atoms with Crippen molar-refractivity contribution in [1.82, 2.24) is 14.5 Å². The number of nitrogen functional groups attached to an aromatic ring is 1. The van der Waals surface area contributed by atoms with Crippen molar-refractivity contribution < 1.29 is 9.53 Å². The lowest BCUT2D eigenvalue weighted by molar-refractivity contribution is -0.136. The number of methoxy groups -OCH3 is 1. The molecule has 2 aromatic carbocycles. The van der Waals surface area contributed by atoms with Crippen LogP contribution in [0.25, 0.3) is 11.8 Å². The van der Waals surface area contributed by atoms with Gasteiger partial charge in [-0.25, -0.2) is 4.98 Å². The molecule has 0 saturated carbocycles. The van der Waals surface area contributed by atoms with Gasteiger partial charge in [0.2, 0.25) is 0 Å². The molecule has 0 spiro atoms. The maximum atomic E-state index is 13.6. The number of benzene rings is 2. The standard InChI is InChI=1S/C27H30N4O2/c1-18-16-30(17-29-18)25-13-6-19(15-26(25)33-2)14-21-9-12-23-4-3-5-24(31(23)27(21)32)20-7-10-22(28)11-8-20/h6-8,10-11,13-17,23-24H,3-5,9,12,28H2,1-2H3/b21-14+. The van der Waals surface area contributed by atoms with E-state index in [1.54, 1.807) is 13.4 Å². The lowest BCUT2D eigenvalue weighted by Gasteiger charge is -2.46. The number of hydrogen-bond donors (Lipinski definition) is 1. The first kappa shape index (κ1) is 21.3. The topological polar surface area (TPSA) is 73.4 Å². The van der Waals surface area contributed by atoms with Crippen LogP contribution < -0.4 is 10.5 Å². The number of rotatable bonds is 4. The highest BCUT2D eigenvalue weighted by Gasteiger charge is 2.39. The Hall–Kier alpha value is -3.54. The third-order valence-electron chi connectivity index (χ3n) is 6.86. The molecule has 2 saturated heterocycles. The summed E-state index contributed by atoms with van der Waals surface area (Å²) in [6.45, 7) is 1.96. The normalized spacial score (nSPS) is 21.8. The van der Waals surface area contributed by atoms with E-state index in [9.17, 15) is 4.79 Å². The maximum Gasteiger partial charge on any atom is 0.250 e. The molecule has 2 unspecified atom stereocenters. The molecule has 170 valence electrons. The van der Waals surface area contributed by atoms with Crippen LogP contribution >= 0.6 is 0 Å². The highest BCUT2D eigenvalue weighted by atomic mass is 16.5. The molecule has 2 fully saturated rings. The number of aryl methyl sites for hydroxylation is 1. The fourth-order valence-corrected chi connectivity index (χ4v) is 5.20. The maximum absolute atomic E-state index is 13.6. The molecule has 6 nitrogen and oxygen atoms in total. The molecule has 3 aromatic rings. The second-order valence-electron chi connectivity index (χ2n) is 9.04. The van der Waals surface area contributed by atoms with Crippen LogP contribution in [0.4, 0.5) is 5.69 Å². The quantitative estimate of drug-likeness (QED) is 0.452. The molecule has 2 aliphatic heterocycles. The van der Waals surface area contributed by atoms with Crippen molar-refractivity contribution in [3.8, 4) is 11.4 Å². The van der Waals surface area contributed by atoms with Gasteiger partial charge < -0.3 is 19.9 Å². The lowest BCUT2D eigenvalue weighted by atomic mass is 9.84. The third kappa shape index (κ3) is 4.13. The summed E-state index contributed by atoms with van der Waals surface area (Å²) >= 11 is 0. The number of piperidine rings is 2. The SMILES string of the molecule is COc1cc(/C=C2\CCC3CCCC(c4ccc(N)cc4)N3C2=O)ccc1-n1cnc(C)c1. The van der Waals surface area contributed by atoms with Crippen LogP contribution in [0.1, 0.15) is 55.0 Å². The van der Waals surface area contributed by atoms with Crippen LogP contribution in [-0.2, 0) is 4.79 Å². The first-order valence-corrected chi connectivity index (χ1v) is 11.6. The molecule has 0 radical (unpaired) electrons. The minimum absolute atomic E-state index is 0.113. The van der Waals surface area contributed by atoms with Crippen molar-refractivity contribution in [2.75, 3.05) is 12.8 Å². The summed E-state index contributed by atoms with van der Waals surface area (Å²) in [5.74, 6) is 0.904. The number of ether oxygens (including phenoxy) is 1. The van der Waals surface area contributed by atoms with Crippen LogP contribution in [0.3, 0.4) is 0 Å². The predicted molar refractivity (Wildman–Crippen MR) is 130 cm³/mol. The molecule has 0 aliphatic carbocycles. The van der Waals surface area contributed by atoms with Gasteiger partial charge in [-0.1, -0.05) is 18.2 Å². The molecule has 2 atom stereocenters. The Balaban J connectivity index is 1.44. The highest BCUT2D eigenvalue weighted by Crippen LogP contribution is 2.41. The second-order valence-corrected chi connectivity index (χ2v) is 9.04. The number of anilines is 1. The first-order valence-electron chi connectivity index (χ1n) is 11.6. The molecule has 3 heterocycles. The summed E-state index contributed by atoms with van der Waals surface area (Å²) < 4.78 is 7.60. The van der Waals surface area contributed by atoms with Crippen molar-refractivity contribution in [3.63, 3.8) is 0 Å². The zero-order chi connectivity index (χ0) is 22.9. The Kier molecular flexibility index (Phi) is 5.67. The Bertz CT molecular complexity index is 1200. The van der Waals surface area contributed by atoms with Crippen LogP contribution in [0.15, 0.2) is 60.6 Å². The number of carbonyl (C=O) groups excluding carboxylic acids is 1. The summed E-state index contributed by atoms with van der Waals surface area (Å²) in [6.07, 6.45) is 10.8. The van der Waals surface area contributed by atoms with E-state index in [-0.39, 0.29) is 11.9 Å². The fraction of sp³-hybridized carbons (Fsp3) is 0.333. The van der Waals surface area contributed by atoms with E-state index in [2.05, 4.69) is 22.0 Å². The summed E-state index contributed by atoms with van der Waals surface area (Å²) in [4.78, 5) is 20.1. The van der Waals surface area contributed by atoms with Gasteiger partial charge in [-0.05, 0) is 80.5 Å². The molecule has 1 amide bonds. The molecule has 5 rings (SSSR count). The minimum atomic E-state index is 0.113. The van der Waals surface area contributed by atoms with Gasteiger partial charge in [0.25, 0.3) is 5.91 Å². The second kappa shape index (κ2) is 8.77. The number of carbonyl (C=O) groups is 1. The van der Waals surface area contributed by atoms with Crippen molar-refractivity contribution in [2.45, 2.75) is 51.1 Å². The average molecular weight is 443 g/mol. The van der Waals surface area contributed by atoms with Crippen molar-refractivity contribution in [1.29, 1.82) is 0 Å². The van der Waals surface area contributed by atoms with Gasteiger partial charge in [-0.3, -0.25) is 4.79 Å². The van der Waals surface area contributed by atoms with Crippen molar-refractivity contribution in [2.24, 2.45) is 0 Å². The Morgan fingerprint density at radius 1 is 1.12 bits per heavy atom. The number of nitrogens with two attached hydrogens (primary N) is 1. The van der Waals surface area contributed by atoms with E-state index in [1.165, 1.54) is 5.56 Å². The molecule has 33 heavy (non-hydrogen) atoms. The number of hydrogen-bond acceptors (Lipinski definition) is 4. The molecular weight excluding hydrogens is 412 g/mol. The number of amides is 1. The zero-order valence-corrected chi connectivity index (χ0v) is 19.2. The summed E-state index contributed by atoms with van der Waals surface area (Å²) in [6, 6.07) is 14.5. The largest absolute Gasteiger partial charge is 0.495 e. The van der Waals surface area contributed by atoms with Crippen LogP contribution in [-0.4, -0.2) is 33.5 Å². The lowest BCUT2D eigenvalue weighted by Crippen LogP contribution is -2.49. The Morgan fingerprint density at radius 3 is 2.67 bits per heavy atom. The van der Waals surface area contributed by atoms with Crippen LogP contribution in [0, 0.1) is 6.92 Å². The van der Waals surface area contributed by atoms with Gasteiger partial charge in [-0.15, -0.1) is 0 Å². The minimum Gasteiger partial charge on any atom is -0.495 e. The van der Waals surface area contributed by atoms with Crippen LogP contribution in [0.2, 0.25) is 0 Å². The Morgan fingerprint density at radius 2 is 1.94 bits per heavy atom. The van der Waals surface area contributed by atoms with Crippen molar-refractivity contribution in [3.05, 3.63) is 77.4 Å².